The summed E-state index contributed by atoms with van der Waals surface area (Å²) in [5.41, 5.74) is 0.740. The van der Waals surface area contributed by atoms with E-state index >= 15 is 0 Å². The Morgan fingerprint density at radius 2 is 2.05 bits per heavy atom. The Labute approximate surface area is 129 Å². The molecular weight excluding hydrogens is 343 g/mol. The predicted octanol–water partition coefficient (Wildman–Crippen LogP) is 3.87. The second kappa shape index (κ2) is 6.58. The van der Waals surface area contributed by atoms with Crippen molar-refractivity contribution in [2.45, 2.75) is 6.61 Å². The molecule has 2 aromatic rings. The summed E-state index contributed by atoms with van der Waals surface area (Å²) in [6.45, 7) is 0.105. The number of methoxy groups -OCH3 is 1. The monoisotopic (exact) mass is 354 g/mol. The molecule has 0 radical (unpaired) electrons. The summed E-state index contributed by atoms with van der Waals surface area (Å²) >= 11 is 3.24. The van der Waals surface area contributed by atoms with Crippen molar-refractivity contribution in [1.29, 1.82) is 0 Å². The van der Waals surface area contributed by atoms with Crippen LogP contribution in [-0.4, -0.2) is 18.2 Å². The summed E-state index contributed by atoms with van der Waals surface area (Å²) in [6, 6.07) is 8.66. The van der Waals surface area contributed by atoms with Crippen LogP contribution in [0.15, 0.2) is 40.9 Å². The highest BCUT2D eigenvalue weighted by Gasteiger charge is 2.13. The normalized spacial score (nSPS) is 10.2. The molecule has 0 amide bonds. The quantitative estimate of drug-likeness (QED) is 0.885. The SMILES string of the molecule is COc1ccc(C(=O)O)c(OCc2ccc(F)cc2Br)c1. The summed E-state index contributed by atoms with van der Waals surface area (Å²) in [7, 11) is 1.48. The zero-order chi connectivity index (χ0) is 15.4. The molecule has 0 heterocycles. The van der Waals surface area contributed by atoms with Gasteiger partial charge in [-0.25, -0.2) is 9.18 Å². The van der Waals surface area contributed by atoms with E-state index in [0.29, 0.717) is 15.8 Å². The van der Waals surface area contributed by atoms with Gasteiger partial charge in [0, 0.05) is 16.1 Å². The van der Waals surface area contributed by atoms with Crippen LogP contribution in [-0.2, 0) is 6.61 Å². The van der Waals surface area contributed by atoms with Crippen molar-refractivity contribution >= 4 is 21.9 Å². The van der Waals surface area contributed by atoms with Gasteiger partial charge in [0.2, 0.25) is 0 Å². The van der Waals surface area contributed by atoms with Crippen molar-refractivity contribution in [3.05, 3.63) is 57.8 Å². The molecule has 4 nitrogen and oxygen atoms in total. The number of ether oxygens (including phenoxy) is 2. The first-order valence-corrected chi connectivity index (χ1v) is 6.78. The molecule has 110 valence electrons. The Morgan fingerprint density at radius 3 is 2.67 bits per heavy atom. The van der Waals surface area contributed by atoms with E-state index in [1.54, 1.807) is 12.1 Å². The Bertz CT molecular complexity index is 673. The number of hydrogen-bond donors (Lipinski definition) is 1. The zero-order valence-electron chi connectivity index (χ0n) is 11.1. The topological polar surface area (TPSA) is 55.8 Å². The van der Waals surface area contributed by atoms with E-state index in [4.69, 9.17) is 14.6 Å². The van der Waals surface area contributed by atoms with Crippen molar-refractivity contribution in [2.24, 2.45) is 0 Å². The molecule has 0 saturated heterocycles. The second-order valence-corrected chi connectivity index (χ2v) is 5.05. The van der Waals surface area contributed by atoms with Crippen molar-refractivity contribution in [3.63, 3.8) is 0 Å². The first kappa shape index (κ1) is 15.3. The first-order chi connectivity index (χ1) is 10.0. The average Bonchev–Trinajstić information content (AvgIpc) is 2.45. The fraction of sp³-hybridized carbons (Fsp3) is 0.133. The molecule has 0 aromatic heterocycles. The lowest BCUT2D eigenvalue weighted by atomic mass is 10.2. The fourth-order valence-electron chi connectivity index (χ4n) is 1.72. The van der Waals surface area contributed by atoms with Crippen LogP contribution in [0.25, 0.3) is 0 Å². The standard InChI is InChI=1S/C15H12BrFO4/c1-20-11-4-5-12(15(18)19)14(7-11)21-8-9-2-3-10(17)6-13(9)16/h2-7H,8H2,1H3,(H,18,19). The van der Waals surface area contributed by atoms with Gasteiger partial charge in [0.1, 0.15) is 29.5 Å². The molecule has 0 bridgehead atoms. The number of benzene rings is 2. The molecular formula is C15H12BrFO4. The van der Waals surface area contributed by atoms with E-state index in [1.165, 1.54) is 31.4 Å². The number of carbonyl (C=O) groups is 1. The molecule has 0 unspecified atom stereocenters. The first-order valence-electron chi connectivity index (χ1n) is 5.99. The molecule has 6 heteroatoms. The van der Waals surface area contributed by atoms with Crippen LogP contribution < -0.4 is 9.47 Å². The molecule has 2 rings (SSSR count). The molecule has 0 fully saturated rings. The Kier molecular flexibility index (Phi) is 4.80. The molecule has 0 atom stereocenters. The lowest BCUT2D eigenvalue weighted by molar-refractivity contribution is 0.0691. The largest absolute Gasteiger partial charge is 0.497 e. The fourth-order valence-corrected chi connectivity index (χ4v) is 2.19. The Balaban J connectivity index is 2.24. The minimum atomic E-state index is -1.09. The van der Waals surface area contributed by atoms with Crippen molar-refractivity contribution < 1.29 is 23.8 Å². The predicted molar refractivity (Wildman–Crippen MR) is 78.4 cm³/mol. The number of hydrogen-bond acceptors (Lipinski definition) is 3. The van der Waals surface area contributed by atoms with Crippen LogP contribution in [0.3, 0.4) is 0 Å². The van der Waals surface area contributed by atoms with Crippen LogP contribution in [0.2, 0.25) is 0 Å². The van der Waals surface area contributed by atoms with Crippen LogP contribution in [0.4, 0.5) is 4.39 Å². The zero-order valence-corrected chi connectivity index (χ0v) is 12.7. The molecule has 2 aromatic carbocycles. The number of aromatic carboxylic acids is 1. The van der Waals surface area contributed by atoms with Gasteiger partial charge in [0.15, 0.2) is 0 Å². The van der Waals surface area contributed by atoms with Crippen LogP contribution in [0, 0.1) is 5.82 Å². The maximum Gasteiger partial charge on any atom is 0.339 e. The van der Waals surface area contributed by atoms with Crippen molar-refractivity contribution in [2.75, 3.05) is 7.11 Å². The lowest BCUT2D eigenvalue weighted by Crippen LogP contribution is -2.04. The van der Waals surface area contributed by atoms with Gasteiger partial charge in [-0.05, 0) is 24.3 Å². The minimum Gasteiger partial charge on any atom is -0.497 e. The number of rotatable bonds is 5. The number of carboxylic acid groups (broad SMARTS) is 1. The van der Waals surface area contributed by atoms with Gasteiger partial charge in [-0.15, -0.1) is 0 Å². The maximum absolute atomic E-state index is 13.0. The lowest BCUT2D eigenvalue weighted by Gasteiger charge is -2.11. The van der Waals surface area contributed by atoms with Crippen LogP contribution >= 0.6 is 15.9 Å². The van der Waals surface area contributed by atoms with Gasteiger partial charge < -0.3 is 14.6 Å². The molecule has 0 aliphatic heterocycles. The summed E-state index contributed by atoms with van der Waals surface area (Å²) in [5, 5.41) is 9.14. The minimum absolute atomic E-state index is 0.0361. The van der Waals surface area contributed by atoms with Crippen LogP contribution in [0.1, 0.15) is 15.9 Å². The third kappa shape index (κ3) is 3.72. The Morgan fingerprint density at radius 1 is 1.29 bits per heavy atom. The van der Waals surface area contributed by atoms with E-state index in [2.05, 4.69) is 15.9 Å². The van der Waals surface area contributed by atoms with Crippen molar-refractivity contribution in [1.82, 2.24) is 0 Å². The molecule has 0 spiro atoms. The van der Waals surface area contributed by atoms with Gasteiger partial charge in [-0.1, -0.05) is 22.0 Å². The second-order valence-electron chi connectivity index (χ2n) is 4.19. The van der Waals surface area contributed by atoms with Gasteiger partial charge in [0.05, 0.1) is 7.11 Å². The van der Waals surface area contributed by atoms with E-state index < -0.39 is 5.97 Å². The highest BCUT2D eigenvalue weighted by molar-refractivity contribution is 9.10. The van der Waals surface area contributed by atoms with Gasteiger partial charge >= 0.3 is 5.97 Å². The van der Waals surface area contributed by atoms with Gasteiger partial charge in [0.25, 0.3) is 0 Å². The smallest absolute Gasteiger partial charge is 0.339 e. The summed E-state index contributed by atoms with van der Waals surface area (Å²) in [4.78, 5) is 11.2. The summed E-state index contributed by atoms with van der Waals surface area (Å²) in [5.74, 6) is -0.768. The van der Waals surface area contributed by atoms with Crippen LogP contribution in [0.5, 0.6) is 11.5 Å². The molecule has 0 saturated carbocycles. The third-order valence-electron chi connectivity index (χ3n) is 2.82. The third-order valence-corrected chi connectivity index (χ3v) is 3.56. The van der Waals surface area contributed by atoms with E-state index in [1.807, 2.05) is 0 Å². The molecule has 0 aliphatic rings. The highest BCUT2D eigenvalue weighted by Crippen LogP contribution is 2.27. The molecule has 21 heavy (non-hydrogen) atoms. The maximum atomic E-state index is 13.0. The molecule has 0 aliphatic carbocycles. The Hall–Kier alpha value is -2.08. The summed E-state index contributed by atoms with van der Waals surface area (Å²) in [6.07, 6.45) is 0. The van der Waals surface area contributed by atoms with Gasteiger partial charge in [-0.3, -0.25) is 0 Å². The van der Waals surface area contributed by atoms with Gasteiger partial charge in [-0.2, -0.15) is 0 Å². The number of halogens is 2. The van der Waals surface area contributed by atoms with E-state index in [0.717, 1.165) is 0 Å². The van der Waals surface area contributed by atoms with Crippen molar-refractivity contribution in [3.8, 4) is 11.5 Å². The van der Waals surface area contributed by atoms with E-state index in [-0.39, 0.29) is 23.7 Å². The average molecular weight is 355 g/mol. The van der Waals surface area contributed by atoms with E-state index in [9.17, 15) is 9.18 Å². The highest BCUT2D eigenvalue weighted by atomic mass is 79.9. The number of carboxylic acids is 1. The summed E-state index contributed by atoms with van der Waals surface area (Å²) < 4.78 is 24.2. The molecule has 1 N–H and O–H groups in total.